The Labute approximate surface area is 256 Å². The van der Waals surface area contributed by atoms with E-state index in [9.17, 15) is 18.8 Å². The fourth-order valence-corrected chi connectivity index (χ4v) is 4.82. The molecule has 8 nitrogen and oxygen atoms in total. The van der Waals surface area contributed by atoms with Gasteiger partial charge in [0.05, 0.1) is 32.0 Å². The summed E-state index contributed by atoms with van der Waals surface area (Å²) in [6, 6.07) is 16.7. The lowest BCUT2D eigenvalue weighted by Crippen LogP contribution is -2.10. The zero-order valence-corrected chi connectivity index (χ0v) is 24.9. The molecule has 1 aliphatic rings. The van der Waals surface area contributed by atoms with Crippen LogP contribution in [-0.2, 0) is 19.1 Å². The summed E-state index contributed by atoms with van der Waals surface area (Å²) in [7, 11) is 0. The fraction of sp³-hybridized carbons (Fsp3) is 0.286. The average Bonchev–Trinajstić information content (AvgIpc) is 3.29. The van der Waals surface area contributed by atoms with Crippen molar-refractivity contribution >= 4 is 17.9 Å². The Morgan fingerprint density at radius 3 is 2.20 bits per heavy atom. The molecule has 230 valence electrons. The molecule has 4 rings (SSSR count). The highest BCUT2D eigenvalue weighted by Gasteiger charge is 2.27. The third kappa shape index (κ3) is 8.12. The second-order valence-electron chi connectivity index (χ2n) is 10.3. The minimum absolute atomic E-state index is 0.0449. The van der Waals surface area contributed by atoms with Crippen molar-refractivity contribution in [3.8, 4) is 28.4 Å². The Hall–Kier alpha value is -4.92. The van der Waals surface area contributed by atoms with Crippen LogP contribution >= 0.6 is 0 Å². The number of ether oxygens (including phenoxy) is 5. The molecule has 3 aromatic rings. The van der Waals surface area contributed by atoms with Gasteiger partial charge in [-0.2, -0.15) is 4.39 Å². The number of halogens is 1. The Morgan fingerprint density at radius 1 is 0.818 bits per heavy atom. The van der Waals surface area contributed by atoms with Crippen LogP contribution in [0.1, 0.15) is 59.2 Å². The van der Waals surface area contributed by atoms with Gasteiger partial charge in [0, 0.05) is 18.4 Å². The third-order valence-electron chi connectivity index (χ3n) is 7.11. The minimum atomic E-state index is -1.11. The molecule has 0 aromatic heterocycles. The summed E-state index contributed by atoms with van der Waals surface area (Å²) in [5, 5.41) is 0. The number of aryl methyl sites for hydroxylation is 1. The normalized spacial score (nSPS) is 12.8. The van der Waals surface area contributed by atoms with Crippen LogP contribution in [-0.4, -0.2) is 44.3 Å². The number of esters is 3. The van der Waals surface area contributed by atoms with E-state index in [2.05, 4.69) is 20.1 Å². The van der Waals surface area contributed by atoms with Crippen LogP contribution in [0.3, 0.4) is 0 Å². The molecule has 1 unspecified atom stereocenters. The van der Waals surface area contributed by atoms with E-state index in [-0.39, 0.29) is 19.1 Å². The summed E-state index contributed by atoms with van der Waals surface area (Å²) in [5.74, 6) is -1.25. The molecule has 0 amide bonds. The largest absolute Gasteiger partial charge is 0.494 e. The van der Waals surface area contributed by atoms with Crippen molar-refractivity contribution in [3.63, 3.8) is 0 Å². The van der Waals surface area contributed by atoms with Crippen molar-refractivity contribution < 1.29 is 42.5 Å². The van der Waals surface area contributed by atoms with Crippen molar-refractivity contribution in [2.24, 2.45) is 0 Å². The van der Waals surface area contributed by atoms with Crippen LogP contribution in [0, 0.1) is 6.92 Å². The smallest absolute Gasteiger partial charge is 0.366 e. The zero-order chi connectivity index (χ0) is 31.6. The summed E-state index contributed by atoms with van der Waals surface area (Å²) in [5.41, 5.74) is 5.53. The number of hydrogen-bond acceptors (Lipinski definition) is 8. The highest BCUT2D eigenvalue weighted by molar-refractivity contribution is 5.93. The van der Waals surface area contributed by atoms with Gasteiger partial charge in [0.2, 0.25) is 5.83 Å². The van der Waals surface area contributed by atoms with Gasteiger partial charge in [-0.3, -0.25) is 0 Å². The van der Waals surface area contributed by atoms with E-state index in [0.717, 1.165) is 39.6 Å². The third-order valence-corrected chi connectivity index (χ3v) is 7.11. The predicted octanol–water partition coefficient (Wildman–Crippen LogP) is 7.03. The van der Waals surface area contributed by atoms with Gasteiger partial charge in [-0.05, 0) is 90.0 Å². The zero-order valence-electron chi connectivity index (χ0n) is 24.9. The van der Waals surface area contributed by atoms with E-state index < -0.39 is 23.7 Å². The van der Waals surface area contributed by atoms with Crippen LogP contribution in [0.15, 0.2) is 79.7 Å². The summed E-state index contributed by atoms with van der Waals surface area (Å²) in [6.45, 7) is 11.3. The highest BCUT2D eigenvalue weighted by Crippen LogP contribution is 2.46. The van der Waals surface area contributed by atoms with Crippen molar-refractivity contribution in [3.05, 3.63) is 102 Å². The van der Waals surface area contributed by atoms with E-state index in [1.54, 1.807) is 24.3 Å². The quantitative estimate of drug-likeness (QED) is 0.0792. The maximum Gasteiger partial charge on any atom is 0.366 e. The number of fused-ring (bicyclic) bond motifs is 3. The number of rotatable bonds is 15. The van der Waals surface area contributed by atoms with Crippen molar-refractivity contribution in [1.29, 1.82) is 0 Å². The summed E-state index contributed by atoms with van der Waals surface area (Å²) >= 11 is 0. The SMILES string of the molecule is C=CC(=O)OCCCOc1ccc(OC(=O)c2ccc3c(c2)C(C)c2cc(OCCCCOC(=O)C(=C)F)ccc2-3)cc1C. The minimum Gasteiger partial charge on any atom is -0.494 e. The molecule has 0 fully saturated rings. The van der Waals surface area contributed by atoms with Gasteiger partial charge < -0.3 is 23.7 Å². The van der Waals surface area contributed by atoms with Gasteiger partial charge in [0.1, 0.15) is 17.2 Å². The molecule has 1 atom stereocenters. The van der Waals surface area contributed by atoms with Crippen LogP contribution in [0.2, 0.25) is 0 Å². The van der Waals surface area contributed by atoms with Crippen LogP contribution in [0.5, 0.6) is 17.2 Å². The Kier molecular flexibility index (Phi) is 10.9. The highest BCUT2D eigenvalue weighted by atomic mass is 19.1. The van der Waals surface area contributed by atoms with E-state index in [0.29, 0.717) is 49.5 Å². The number of carbonyl (C=O) groups excluding carboxylic acids is 3. The monoisotopic (exact) mass is 602 g/mol. The first-order valence-electron chi connectivity index (χ1n) is 14.4. The maximum absolute atomic E-state index is 13.1. The molecule has 0 saturated heterocycles. The molecule has 0 heterocycles. The lowest BCUT2D eigenvalue weighted by Gasteiger charge is -2.12. The van der Waals surface area contributed by atoms with Crippen LogP contribution in [0.4, 0.5) is 4.39 Å². The summed E-state index contributed by atoms with van der Waals surface area (Å²) in [4.78, 5) is 35.2. The Bertz CT molecular complexity index is 1560. The van der Waals surface area contributed by atoms with E-state index in [1.165, 1.54) is 0 Å². The van der Waals surface area contributed by atoms with Gasteiger partial charge >= 0.3 is 17.9 Å². The van der Waals surface area contributed by atoms with Gasteiger partial charge in [-0.25, -0.2) is 14.4 Å². The van der Waals surface area contributed by atoms with Gasteiger partial charge in [0.25, 0.3) is 0 Å². The summed E-state index contributed by atoms with van der Waals surface area (Å²) < 4.78 is 39.6. The number of benzene rings is 3. The second-order valence-corrected chi connectivity index (χ2v) is 10.3. The fourth-order valence-electron chi connectivity index (χ4n) is 4.82. The molecule has 0 spiro atoms. The molecule has 0 radical (unpaired) electrons. The molecule has 0 aliphatic heterocycles. The molecular formula is C35H35FO8. The lowest BCUT2D eigenvalue weighted by atomic mass is 9.98. The number of unbranched alkanes of at least 4 members (excludes halogenated alkanes) is 1. The first-order chi connectivity index (χ1) is 21.2. The molecule has 9 heteroatoms. The van der Waals surface area contributed by atoms with Crippen LogP contribution < -0.4 is 14.2 Å². The van der Waals surface area contributed by atoms with Gasteiger partial charge in [-0.1, -0.05) is 32.2 Å². The van der Waals surface area contributed by atoms with Gasteiger partial charge in [0.15, 0.2) is 0 Å². The van der Waals surface area contributed by atoms with Gasteiger partial charge in [-0.15, -0.1) is 0 Å². The molecule has 0 saturated carbocycles. The molecule has 44 heavy (non-hydrogen) atoms. The van der Waals surface area contributed by atoms with E-state index in [1.807, 2.05) is 37.3 Å². The first-order valence-corrected chi connectivity index (χ1v) is 14.4. The molecule has 0 bridgehead atoms. The number of hydrogen-bond donors (Lipinski definition) is 0. The second kappa shape index (κ2) is 15.0. The van der Waals surface area contributed by atoms with Crippen molar-refractivity contribution in [2.75, 3.05) is 26.4 Å². The van der Waals surface area contributed by atoms with E-state index in [4.69, 9.17) is 23.7 Å². The van der Waals surface area contributed by atoms with Crippen molar-refractivity contribution in [1.82, 2.24) is 0 Å². The first kappa shape index (κ1) is 32.0. The molecule has 3 aromatic carbocycles. The molecular weight excluding hydrogens is 567 g/mol. The lowest BCUT2D eigenvalue weighted by molar-refractivity contribution is -0.141. The van der Waals surface area contributed by atoms with E-state index >= 15 is 0 Å². The Balaban J connectivity index is 1.30. The predicted molar refractivity (Wildman–Crippen MR) is 163 cm³/mol. The Morgan fingerprint density at radius 2 is 1.48 bits per heavy atom. The molecule has 1 aliphatic carbocycles. The number of carbonyl (C=O) groups is 3. The topological polar surface area (TPSA) is 97.4 Å². The van der Waals surface area contributed by atoms with Crippen molar-refractivity contribution in [2.45, 2.75) is 39.0 Å². The summed E-state index contributed by atoms with van der Waals surface area (Å²) in [6.07, 6.45) is 2.82. The molecule has 0 N–H and O–H groups in total. The standard InChI is InChI=1S/C35H35FO8/c1-5-33(37)42-18-8-17-41-32-14-11-27(19-22(32)2)44-35(39)25-9-12-28-29-13-10-26(21-31(29)23(3)30(28)20-25)40-15-6-7-16-43-34(38)24(4)36/h5,9-14,19-21,23H,1,4,6-8,15-18H2,2-3H3. The maximum atomic E-state index is 13.1. The average molecular weight is 603 g/mol. The van der Waals surface area contributed by atoms with Crippen LogP contribution in [0.25, 0.3) is 11.1 Å².